The number of alkyl halides is 3. The SMILES string of the molecule is O=C(Nc1ccc(Nc2cccc3nc(C(F)(F)F)cn23)cc1)c1ccc2cncn2c1. The fraction of sp³-hybridized carbons (Fsp3) is 0.0455. The number of hydrogen-bond donors (Lipinski definition) is 2. The van der Waals surface area contributed by atoms with Gasteiger partial charge in [-0.1, -0.05) is 6.07 Å². The largest absolute Gasteiger partial charge is 0.434 e. The lowest BCUT2D eigenvalue weighted by Crippen LogP contribution is -2.12. The van der Waals surface area contributed by atoms with Crippen molar-refractivity contribution in [1.29, 1.82) is 0 Å². The van der Waals surface area contributed by atoms with Gasteiger partial charge in [0, 0.05) is 23.8 Å². The summed E-state index contributed by atoms with van der Waals surface area (Å²) in [4.78, 5) is 20.2. The van der Waals surface area contributed by atoms with Crippen LogP contribution in [-0.4, -0.2) is 24.7 Å². The molecule has 4 aromatic heterocycles. The van der Waals surface area contributed by atoms with Crippen LogP contribution in [0.2, 0.25) is 0 Å². The number of carbonyl (C=O) groups is 1. The summed E-state index contributed by atoms with van der Waals surface area (Å²) in [7, 11) is 0. The molecule has 0 aliphatic carbocycles. The highest BCUT2D eigenvalue weighted by molar-refractivity contribution is 6.04. The highest BCUT2D eigenvalue weighted by Crippen LogP contribution is 2.30. The van der Waals surface area contributed by atoms with Crippen molar-refractivity contribution in [2.75, 3.05) is 10.6 Å². The van der Waals surface area contributed by atoms with Gasteiger partial charge in [0.25, 0.3) is 5.91 Å². The Morgan fingerprint density at radius 1 is 0.938 bits per heavy atom. The molecule has 0 aliphatic heterocycles. The minimum absolute atomic E-state index is 0.182. The van der Waals surface area contributed by atoms with E-state index < -0.39 is 11.9 Å². The molecular formula is C22H15F3N6O. The van der Waals surface area contributed by atoms with Crippen LogP contribution in [0.4, 0.5) is 30.4 Å². The molecule has 1 amide bonds. The molecule has 0 spiro atoms. The number of fused-ring (bicyclic) bond motifs is 2. The van der Waals surface area contributed by atoms with E-state index in [1.54, 1.807) is 71.7 Å². The average Bonchev–Trinajstić information content (AvgIpc) is 3.42. The van der Waals surface area contributed by atoms with Crippen molar-refractivity contribution in [3.8, 4) is 0 Å². The van der Waals surface area contributed by atoms with E-state index in [1.165, 1.54) is 10.5 Å². The molecule has 5 aromatic rings. The second-order valence-electron chi connectivity index (χ2n) is 7.06. The number of anilines is 3. The highest BCUT2D eigenvalue weighted by Gasteiger charge is 2.34. The first-order valence-corrected chi connectivity index (χ1v) is 9.52. The van der Waals surface area contributed by atoms with Gasteiger partial charge in [-0.2, -0.15) is 13.2 Å². The van der Waals surface area contributed by atoms with Crippen LogP contribution in [-0.2, 0) is 6.18 Å². The van der Waals surface area contributed by atoms with Crippen LogP contribution in [0.25, 0.3) is 11.2 Å². The monoisotopic (exact) mass is 436 g/mol. The molecule has 0 bridgehead atoms. The van der Waals surface area contributed by atoms with Crippen LogP contribution >= 0.6 is 0 Å². The zero-order chi connectivity index (χ0) is 22.3. The summed E-state index contributed by atoms with van der Waals surface area (Å²) in [5, 5.41) is 5.89. The van der Waals surface area contributed by atoms with Crippen molar-refractivity contribution in [3.05, 3.63) is 90.8 Å². The van der Waals surface area contributed by atoms with Crippen molar-refractivity contribution >= 4 is 34.3 Å². The Balaban J connectivity index is 1.33. The molecule has 7 nitrogen and oxygen atoms in total. The van der Waals surface area contributed by atoms with Crippen LogP contribution in [0.15, 0.2) is 79.5 Å². The van der Waals surface area contributed by atoms with Gasteiger partial charge >= 0.3 is 6.18 Å². The third-order valence-electron chi connectivity index (χ3n) is 4.87. The molecule has 0 unspecified atom stereocenters. The van der Waals surface area contributed by atoms with Crippen molar-refractivity contribution in [2.45, 2.75) is 6.18 Å². The first kappa shape index (κ1) is 19.6. The fourth-order valence-electron chi connectivity index (χ4n) is 3.29. The molecule has 0 saturated carbocycles. The minimum Gasteiger partial charge on any atom is -0.341 e. The first-order valence-electron chi connectivity index (χ1n) is 9.52. The quantitative estimate of drug-likeness (QED) is 0.416. The van der Waals surface area contributed by atoms with Crippen LogP contribution in [0.5, 0.6) is 0 Å². The van der Waals surface area contributed by atoms with Gasteiger partial charge in [-0.05, 0) is 48.5 Å². The number of nitrogens with zero attached hydrogens (tertiary/aromatic N) is 4. The maximum absolute atomic E-state index is 13.0. The van der Waals surface area contributed by atoms with Crippen LogP contribution in [0, 0.1) is 0 Å². The Morgan fingerprint density at radius 3 is 2.50 bits per heavy atom. The molecule has 10 heteroatoms. The first-order chi connectivity index (χ1) is 15.4. The van der Waals surface area contributed by atoms with E-state index in [4.69, 9.17) is 0 Å². The number of benzene rings is 1. The molecule has 5 rings (SSSR count). The maximum Gasteiger partial charge on any atom is 0.434 e. The Bertz CT molecular complexity index is 1440. The van der Waals surface area contributed by atoms with E-state index in [0.29, 0.717) is 22.8 Å². The minimum atomic E-state index is -4.52. The number of pyridine rings is 2. The molecule has 160 valence electrons. The maximum atomic E-state index is 13.0. The lowest BCUT2D eigenvalue weighted by Gasteiger charge is -2.10. The molecule has 32 heavy (non-hydrogen) atoms. The molecule has 1 aromatic carbocycles. The molecule has 4 heterocycles. The van der Waals surface area contributed by atoms with Gasteiger partial charge in [0.2, 0.25) is 0 Å². The van der Waals surface area contributed by atoms with E-state index in [0.717, 1.165) is 11.7 Å². The molecule has 0 radical (unpaired) electrons. The number of nitrogens with one attached hydrogen (secondary N) is 2. The van der Waals surface area contributed by atoms with E-state index in [1.807, 2.05) is 0 Å². The number of carbonyl (C=O) groups excluding carboxylic acids is 1. The Kier molecular flexibility index (Phi) is 4.54. The molecular weight excluding hydrogens is 421 g/mol. The highest BCUT2D eigenvalue weighted by atomic mass is 19.4. The summed E-state index contributed by atoms with van der Waals surface area (Å²) in [6.45, 7) is 0. The molecule has 0 atom stereocenters. The standard InChI is InChI=1S/C22H15F3N6O/c23-22(24,25)18-12-31-19(2-1-3-20(31)29-18)27-15-5-7-16(8-6-15)28-21(32)14-4-9-17-10-26-13-30(17)11-14/h1-13,27H,(H,28,32). The van der Waals surface area contributed by atoms with Crippen molar-refractivity contribution in [3.63, 3.8) is 0 Å². The Hall–Kier alpha value is -4.34. The third kappa shape index (κ3) is 3.73. The molecule has 2 N–H and O–H groups in total. The van der Waals surface area contributed by atoms with Crippen LogP contribution < -0.4 is 10.6 Å². The average molecular weight is 436 g/mol. The summed E-state index contributed by atoms with van der Waals surface area (Å²) in [5.41, 5.74) is 1.79. The molecule has 0 saturated heterocycles. The van der Waals surface area contributed by atoms with E-state index in [9.17, 15) is 18.0 Å². The normalized spacial score (nSPS) is 11.7. The van der Waals surface area contributed by atoms with Gasteiger partial charge in [-0.3, -0.25) is 9.20 Å². The summed E-state index contributed by atoms with van der Waals surface area (Å²) in [6, 6.07) is 15.1. The smallest absolute Gasteiger partial charge is 0.341 e. The topological polar surface area (TPSA) is 75.7 Å². The van der Waals surface area contributed by atoms with Gasteiger partial charge in [0.05, 0.1) is 23.6 Å². The second-order valence-corrected chi connectivity index (χ2v) is 7.06. The van der Waals surface area contributed by atoms with Crippen molar-refractivity contribution in [2.24, 2.45) is 0 Å². The van der Waals surface area contributed by atoms with E-state index in [-0.39, 0.29) is 11.6 Å². The number of amides is 1. The number of imidazole rings is 2. The van der Waals surface area contributed by atoms with Crippen LogP contribution in [0.3, 0.4) is 0 Å². The summed E-state index contributed by atoms with van der Waals surface area (Å²) < 4.78 is 42.0. The third-order valence-corrected chi connectivity index (χ3v) is 4.87. The van der Waals surface area contributed by atoms with Crippen LogP contribution in [0.1, 0.15) is 16.1 Å². The van der Waals surface area contributed by atoms with Gasteiger partial charge < -0.3 is 15.0 Å². The lowest BCUT2D eigenvalue weighted by molar-refractivity contribution is -0.140. The van der Waals surface area contributed by atoms with Gasteiger partial charge in [-0.15, -0.1) is 0 Å². The zero-order valence-corrected chi connectivity index (χ0v) is 16.3. The Morgan fingerprint density at radius 2 is 1.72 bits per heavy atom. The zero-order valence-electron chi connectivity index (χ0n) is 16.3. The van der Waals surface area contributed by atoms with E-state index in [2.05, 4.69) is 20.6 Å². The number of rotatable bonds is 4. The summed E-state index contributed by atoms with van der Waals surface area (Å²) in [5.74, 6) is 0.153. The lowest BCUT2D eigenvalue weighted by atomic mass is 10.2. The Labute approximate surface area is 179 Å². The number of halogens is 3. The van der Waals surface area contributed by atoms with Gasteiger partial charge in [0.1, 0.15) is 11.5 Å². The predicted molar refractivity (Wildman–Crippen MR) is 113 cm³/mol. The second kappa shape index (κ2) is 7.41. The van der Waals surface area contributed by atoms with Crippen molar-refractivity contribution < 1.29 is 18.0 Å². The fourth-order valence-corrected chi connectivity index (χ4v) is 3.29. The van der Waals surface area contributed by atoms with Gasteiger partial charge in [0.15, 0.2) is 5.69 Å². The number of hydrogen-bond acceptors (Lipinski definition) is 4. The number of aromatic nitrogens is 4. The summed E-state index contributed by atoms with van der Waals surface area (Å²) >= 11 is 0. The molecule has 0 aliphatic rings. The van der Waals surface area contributed by atoms with Crippen molar-refractivity contribution in [1.82, 2.24) is 18.8 Å². The molecule has 0 fully saturated rings. The van der Waals surface area contributed by atoms with E-state index >= 15 is 0 Å². The predicted octanol–water partition coefficient (Wildman–Crippen LogP) is 5.00. The van der Waals surface area contributed by atoms with Gasteiger partial charge in [-0.25, -0.2) is 9.97 Å². The summed E-state index contributed by atoms with van der Waals surface area (Å²) in [6.07, 6.45) is 1.43.